The Morgan fingerprint density at radius 3 is 2.92 bits per heavy atom. The zero-order valence-corrected chi connectivity index (χ0v) is 8.33. The molecule has 0 fully saturated rings. The van der Waals surface area contributed by atoms with Crippen molar-refractivity contribution >= 4 is 5.69 Å². The summed E-state index contributed by atoms with van der Waals surface area (Å²) in [5.74, 6) is 0. The van der Waals surface area contributed by atoms with E-state index in [9.17, 15) is 0 Å². The Kier molecular flexibility index (Phi) is 3.76. The van der Waals surface area contributed by atoms with E-state index >= 15 is 0 Å². The summed E-state index contributed by atoms with van der Waals surface area (Å²) >= 11 is 0. The lowest BCUT2D eigenvalue weighted by molar-refractivity contribution is 0.532. The molecule has 0 aliphatic rings. The van der Waals surface area contributed by atoms with Gasteiger partial charge in [0.1, 0.15) is 0 Å². The lowest BCUT2D eigenvalue weighted by Crippen LogP contribution is -2.08. The van der Waals surface area contributed by atoms with E-state index in [0.29, 0.717) is 6.04 Å². The molecule has 1 rings (SSSR count). The molecule has 0 amide bonds. The van der Waals surface area contributed by atoms with Crippen molar-refractivity contribution in [3.8, 4) is 0 Å². The Morgan fingerprint density at radius 2 is 2.38 bits per heavy atom. The summed E-state index contributed by atoms with van der Waals surface area (Å²) in [6, 6.07) is 0.421. The molecular formula is C9H18N4. The number of hydrogen-bond acceptors (Lipinski definition) is 3. The average Bonchev–Trinajstić information content (AvgIpc) is 2.53. The Hall–Kier alpha value is -1.03. The van der Waals surface area contributed by atoms with Crippen LogP contribution in [0.25, 0.3) is 0 Å². The summed E-state index contributed by atoms with van der Waals surface area (Å²) in [6.07, 6.45) is 4.85. The molecule has 0 saturated heterocycles. The summed E-state index contributed by atoms with van der Waals surface area (Å²) in [4.78, 5) is 0. The van der Waals surface area contributed by atoms with Gasteiger partial charge in [-0.2, -0.15) is 5.10 Å². The van der Waals surface area contributed by atoms with Crippen molar-refractivity contribution < 1.29 is 0 Å². The van der Waals surface area contributed by atoms with Crippen LogP contribution in [0, 0.1) is 0 Å². The van der Waals surface area contributed by atoms with Crippen LogP contribution in [0.3, 0.4) is 0 Å². The summed E-state index contributed by atoms with van der Waals surface area (Å²) in [7, 11) is 0. The van der Waals surface area contributed by atoms with Crippen LogP contribution < -0.4 is 11.1 Å². The van der Waals surface area contributed by atoms with Crippen molar-refractivity contribution in [2.24, 2.45) is 5.73 Å². The highest BCUT2D eigenvalue weighted by molar-refractivity contribution is 5.37. The van der Waals surface area contributed by atoms with Crippen LogP contribution in [0.4, 0.5) is 5.69 Å². The van der Waals surface area contributed by atoms with Crippen LogP contribution in [-0.2, 0) is 0 Å². The zero-order chi connectivity index (χ0) is 9.68. The SMILES string of the molecule is CC(C)n1cc(NCCCN)cn1. The van der Waals surface area contributed by atoms with Crippen LogP contribution >= 0.6 is 0 Å². The molecule has 0 spiro atoms. The van der Waals surface area contributed by atoms with Crippen LogP contribution in [0.5, 0.6) is 0 Å². The first-order chi connectivity index (χ1) is 6.24. The quantitative estimate of drug-likeness (QED) is 0.673. The van der Waals surface area contributed by atoms with Crippen LogP contribution in [0.2, 0.25) is 0 Å². The summed E-state index contributed by atoms with van der Waals surface area (Å²) in [5.41, 5.74) is 6.46. The highest BCUT2D eigenvalue weighted by atomic mass is 15.3. The predicted octanol–water partition coefficient (Wildman–Crippen LogP) is 1.22. The summed E-state index contributed by atoms with van der Waals surface area (Å²) in [5, 5.41) is 7.47. The van der Waals surface area contributed by atoms with Gasteiger partial charge in [-0.05, 0) is 26.8 Å². The molecular weight excluding hydrogens is 164 g/mol. The van der Waals surface area contributed by atoms with E-state index in [0.717, 1.165) is 25.2 Å². The second-order valence-corrected chi connectivity index (χ2v) is 3.37. The molecule has 0 aliphatic carbocycles. The Morgan fingerprint density at radius 1 is 1.62 bits per heavy atom. The molecule has 13 heavy (non-hydrogen) atoms. The van der Waals surface area contributed by atoms with Gasteiger partial charge in [0.2, 0.25) is 0 Å². The molecule has 1 heterocycles. The predicted molar refractivity (Wildman–Crippen MR) is 54.8 cm³/mol. The molecule has 0 radical (unpaired) electrons. The van der Waals surface area contributed by atoms with Crippen molar-refractivity contribution in [1.29, 1.82) is 0 Å². The largest absolute Gasteiger partial charge is 0.382 e. The Bertz CT molecular complexity index is 242. The number of nitrogens with zero attached hydrogens (tertiary/aromatic N) is 2. The lowest BCUT2D eigenvalue weighted by atomic mass is 10.4. The van der Waals surface area contributed by atoms with E-state index in [1.165, 1.54) is 0 Å². The fourth-order valence-electron chi connectivity index (χ4n) is 1.05. The third kappa shape index (κ3) is 3.06. The van der Waals surface area contributed by atoms with Crippen molar-refractivity contribution in [3.05, 3.63) is 12.4 Å². The molecule has 0 aliphatic heterocycles. The number of nitrogens with one attached hydrogen (secondary N) is 1. The lowest BCUT2D eigenvalue weighted by Gasteiger charge is -2.03. The molecule has 4 nitrogen and oxygen atoms in total. The molecule has 4 heteroatoms. The molecule has 0 bridgehead atoms. The van der Waals surface area contributed by atoms with Crippen molar-refractivity contribution in [1.82, 2.24) is 9.78 Å². The summed E-state index contributed by atoms with van der Waals surface area (Å²) < 4.78 is 1.94. The Balaban J connectivity index is 2.40. The molecule has 0 saturated carbocycles. The van der Waals surface area contributed by atoms with Crippen molar-refractivity contribution in [2.45, 2.75) is 26.3 Å². The van der Waals surface area contributed by atoms with Gasteiger partial charge in [0.25, 0.3) is 0 Å². The number of rotatable bonds is 5. The molecule has 0 atom stereocenters. The molecule has 74 valence electrons. The minimum absolute atomic E-state index is 0.421. The highest BCUT2D eigenvalue weighted by Gasteiger charge is 1.99. The monoisotopic (exact) mass is 182 g/mol. The van der Waals surface area contributed by atoms with Crippen LogP contribution in [0.1, 0.15) is 26.3 Å². The third-order valence-electron chi connectivity index (χ3n) is 1.84. The standard InChI is InChI=1S/C9H18N4/c1-8(2)13-7-9(6-12-13)11-5-3-4-10/h6-8,11H,3-5,10H2,1-2H3. The second kappa shape index (κ2) is 4.87. The minimum Gasteiger partial charge on any atom is -0.382 e. The van der Waals surface area contributed by atoms with E-state index in [2.05, 4.69) is 24.3 Å². The maximum Gasteiger partial charge on any atom is 0.0726 e. The smallest absolute Gasteiger partial charge is 0.0726 e. The molecule has 1 aromatic rings. The fraction of sp³-hybridized carbons (Fsp3) is 0.667. The molecule has 1 aromatic heterocycles. The van der Waals surface area contributed by atoms with Gasteiger partial charge >= 0.3 is 0 Å². The first-order valence-corrected chi connectivity index (χ1v) is 4.72. The van der Waals surface area contributed by atoms with E-state index in [4.69, 9.17) is 5.73 Å². The number of nitrogens with two attached hydrogens (primary N) is 1. The van der Waals surface area contributed by atoms with Gasteiger partial charge < -0.3 is 11.1 Å². The number of hydrogen-bond donors (Lipinski definition) is 2. The molecule has 3 N–H and O–H groups in total. The van der Waals surface area contributed by atoms with Gasteiger partial charge in [0.05, 0.1) is 11.9 Å². The van der Waals surface area contributed by atoms with Gasteiger partial charge in [-0.15, -0.1) is 0 Å². The van der Waals surface area contributed by atoms with Gasteiger partial charge in [0.15, 0.2) is 0 Å². The minimum atomic E-state index is 0.421. The second-order valence-electron chi connectivity index (χ2n) is 3.37. The molecule has 0 aromatic carbocycles. The average molecular weight is 182 g/mol. The maximum atomic E-state index is 5.39. The van der Waals surface area contributed by atoms with Gasteiger partial charge in [-0.3, -0.25) is 4.68 Å². The summed E-state index contributed by atoms with van der Waals surface area (Å²) in [6.45, 7) is 5.86. The van der Waals surface area contributed by atoms with E-state index in [1.54, 1.807) is 0 Å². The van der Waals surface area contributed by atoms with E-state index in [1.807, 2.05) is 17.1 Å². The van der Waals surface area contributed by atoms with Gasteiger partial charge in [-0.1, -0.05) is 0 Å². The number of anilines is 1. The van der Waals surface area contributed by atoms with Crippen molar-refractivity contribution in [2.75, 3.05) is 18.4 Å². The normalized spacial score (nSPS) is 10.8. The first-order valence-electron chi connectivity index (χ1n) is 4.72. The van der Waals surface area contributed by atoms with E-state index < -0.39 is 0 Å². The zero-order valence-electron chi connectivity index (χ0n) is 8.33. The maximum absolute atomic E-state index is 5.39. The Labute approximate surface area is 79.1 Å². The van der Waals surface area contributed by atoms with Gasteiger partial charge in [0, 0.05) is 18.8 Å². The third-order valence-corrected chi connectivity index (χ3v) is 1.84. The number of aromatic nitrogens is 2. The first kappa shape index (κ1) is 10.1. The fourth-order valence-corrected chi connectivity index (χ4v) is 1.05. The van der Waals surface area contributed by atoms with Crippen molar-refractivity contribution in [3.63, 3.8) is 0 Å². The van der Waals surface area contributed by atoms with Crippen LogP contribution in [0.15, 0.2) is 12.4 Å². The molecule has 0 unspecified atom stereocenters. The van der Waals surface area contributed by atoms with Crippen LogP contribution in [-0.4, -0.2) is 22.9 Å². The topological polar surface area (TPSA) is 55.9 Å². The highest BCUT2D eigenvalue weighted by Crippen LogP contribution is 2.09. The van der Waals surface area contributed by atoms with E-state index in [-0.39, 0.29) is 0 Å². The van der Waals surface area contributed by atoms with Gasteiger partial charge in [-0.25, -0.2) is 0 Å².